The predicted octanol–water partition coefficient (Wildman–Crippen LogP) is -0.0396. The van der Waals surface area contributed by atoms with Crippen LogP contribution in [-0.4, -0.2) is 26.6 Å². The number of nitrogens with zero attached hydrogens (tertiary/aromatic N) is 3. The molecule has 0 amide bonds. The lowest BCUT2D eigenvalue weighted by atomic mass is 10.1. The quantitative estimate of drug-likeness (QED) is 0.700. The number of aryl methyl sites for hydroxylation is 1. The van der Waals surface area contributed by atoms with Gasteiger partial charge in [0.05, 0.1) is 11.6 Å². The number of hydrogen-bond donors (Lipinski definition) is 2. The molecule has 2 rings (SSSR count). The Bertz CT molecular complexity index is 451. The average Bonchev–Trinajstić information content (AvgIpc) is 2.59. The number of aromatic nitrogens is 3. The van der Waals surface area contributed by atoms with Gasteiger partial charge in [-0.05, 0) is 6.07 Å². The second-order valence-corrected chi connectivity index (χ2v) is 3.18. The average molecular weight is 192 g/mol. The van der Waals surface area contributed by atoms with Crippen LogP contribution >= 0.6 is 0 Å². The molecule has 74 valence electrons. The van der Waals surface area contributed by atoms with Crippen LogP contribution in [0.1, 0.15) is 11.7 Å². The third kappa shape index (κ3) is 1.26. The fourth-order valence-corrected chi connectivity index (χ4v) is 1.54. The van der Waals surface area contributed by atoms with Crippen molar-refractivity contribution < 1.29 is 5.11 Å². The van der Waals surface area contributed by atoms with Crippen molar-refractivity contribution in [3.8, 4) is 0 Å². The van der Waals surface area contributed by atoms with Crippen molar-refractivity contribution in [1.82, 2.24) is 15.0 Å². The second kappa shape index (κ2) is 3.36. The first kappa shape index (κ1) is 9.11. The summed E-state index contributed by atoms with van der Waals surface area (Å²) in [5, 5.41) is 17.5. The first-order chi connectivity index (χ1) is 6.74. The Morgan fingerprint density at radius 2 is 2.36 bits per heavy atom. The third-order valence-electron chi connectivity index (χ3n) is 2.24. The molecule has 5 nitrogen and oxygen atoms in total. The lowest BCUT2D eigenvalue weighted by Gasteiger charge is -2.09. The molecule has 0 saturated heterocycles. The smallest absolute Gasteiger partial charge is 0.113 e. The van der Waals surface area contributed by atoms with Crippen LogP contribution in [0, 0.1) is 0 Å². The normalized spacial score (nSPS) is 13.4. The first-order valence-electron chi connectivity index (χ1n) is 4.40. The second-order valence-electron chi connectivity index (χ2n) is 3.18. The molecule has 1 atom stereocenters. The Hall–Kier alpha value is -1.46. The molecular formula is C9H12N4O. The van der Waals surface area contributed by atoms with E-state index in [9.17, 15) is 5.11 Å². The molecule has 0 radical (unpaired) electrons. The number of hydrogen-bond acceptors (Lipinski definition) is 4. The maximum atomic E-state index is 9.68. The van der Waals surface area contributed by atoms with Crippen molar-refractivity contribution in [2.75, 3.05) is 6.54 Å². The molecule has 5 heteroatoms. The van der Waals surface area contributed by atoms with Crippen molar-refractivity contribution in [3.05, 3.63) is 23.8 Å². The van der Waals surface area contributed by atoms with E-state index in [0.717, 1.165) is 16.6 Å². The van der Waals surface area contributed by atoms with Crippen LogP contribution in [0.4, 0.5) is 0 Å². The lowest BCUT2D eigenvalue weighted by molar-refractivity contribution is 0.188. The number of fused-ring (bicyclic) bond motifs is 1. The van der Waals surface area contributed by atoms with E-state index >= 15 is 0 Å². The predicted molar refractivity (Wildman–Crippen MR) is 52.5 cm³/mol. The lowest BCUT2D eigenvalue weighted by Crippen LogP contribution is -2.12. The summed E-state index contributed by atoms with van der Waals surface area (Å²) < 4.78 is 1.64. The van der Waals surface area contributed by atoms with Gasteiger partial charge in [-0.15, -0.1) is 5.10 Å². The molecule has 2 aromatic rings. The highest BCUT2D eigenvalue weighted by molar-refractivity contribution is 5.78. The van der Waals surface area contributed by atoms with Gasteiger partial charge >= 0.3 is 0 Å². The van der Waals surface area contributed by atoms with Gasteiger partial charge in [0.2, 0.25) is 0 Å². The Kier molecular flexibility index (Phi) is 2.18. The van der Waals surface area contributed by atoms with E-state index in [1.807, 2.05) is 18.2 Å². The minimum atomic E-state index is -0.657. The van der Waals surface area contributed by atoms with Gasteiger partial charge in [-0.2, -0.15) is 0 Å². The van der Waals surface area contributed by atoms with Crippen molar-refractivity contribution in [1.29, 1.82) is 0 Å². The minimum Gasteiger partial charge on any atom is -0.387 e. The summed E-state index contributed by atoms with van der Waals surface area (Å²) in [7, 11) is 1.79. The van der Waals surface area contributed by atoms with Crippen LogP contribution in [0.3, 0.4) is 0 Å². The summed E-state index contributed by atoms with van der Waals surface area (Å²) in [6, 6.07) is 5.53. The molecule has 1 heterocycles. The van der Waals surface area contributed by atoms with Crippen LogP contribution in [0.25, 0.3) is 11.0 Å². The van der Waals surface area contributed by atoms with Crippen molar-refractivity contribution in [2.45, 2.75) is 6.10 Å². The molecule has 0 bridgehead atoms. The van der Waals surface area contributed by atoms with E-state index in [0.29, 0.717) is 0 Å². The highest BCUT2D eigenvalue weighted by Gasteiger charge is 2.12. The fourth-order valence-electron chi connectivity index (χ4n) is 1.54. The van der Waals surface area contributed by atoms with E-state index in [1.165, 1.54) is 0 Å². The number of aliphatic hydroxyl groups excluding tert-OH is 1. The maximum Gasteiger partial charge on any atom is 0.113 e. The summed E-state index contributed by atoms with van der Waals surface area (Å²) in [6.45, 7) is 0.199. The Morgan fingerprint density at radius 1 is 1.57 bits per heavy atom. The number of benzene rings is 1. The van der Waals surface area contributed by atoms with E-state index in [4.69, 9.17) is 5.73 Å². The summed E-state index contributed by atoms with van der Waals surface area (Å²) >= 11 is 0. The van der Waals surface area contributed by atoms with Gasteiger partial charge in [0.1, 0.15) is 5.52 Å². The van der Waals surface area contributed by atoms with Crippen LogP contribution in [0.2, 0.25) is 0 Å². The van der Waals surface area contributed by atoms with Crippen molar-refractivity contribution in [3.63, 3.8) is 0 Å². The van der Waals surface area contributed by atoms with Gasteiger partial charge in [-0.25, -0.2) is 4.68 Å². The summed E-state index contributed by atoms with van der Waals surface area (Å²) in [6.07, 6.45) is -0.657. The molecule has 0 aliphatic rings. The number of aliphatic hydroxyl groups is 1. The minimum absolute atomic E-state index is 0.199. The molecule has 0 spiro atoms. The third-order valence-corrected chi connectivity index (χ3v) is 2.24. The van der Waals surface area contributed by atoms with Crippen LogP contribution in [0.15, 0.2) is 18.2 Å². The van der Waals surface area contributed by atoms with Crippen LogP contribution < -0.4 is 5.73 Å². The van der Waals surface area contributed by atoms with Crippen LogP contribution in [0.5, 0.6) is 0 Å². The molecule has 14 heavy (non-hydrogen) atoms. The van der Waals surface area contributed by atoms with Crippen LogP contribution in [-0.2, 0) is 7.05 Å². The van der Waals surface area contributed by atoms with E-state index < -0.39 is 6.10 Å². The molecule has 3 N–H and O–H groups in total. The highest BCUT2D eigenvalue weighted by atomic mass is 16.3. The van der Waals surface area contributed by atoms with Gasteiger partial charge < -0.3 is 10.8 Å². The maximum absolute atomic E-state index is 9.68. The van der Waals surface area contributed by atoms with Gasteiger partial charge in [0.25, 0.3) is 0 Å². The molecule has 1 aromatic heterocycles. The van der Waals surface area contributed by atoms with Crippen molar-refractivity contribution >= 4 is 11.0 Å². The topological polar surface area (TPSA) is 77.0 Å². The molecular weight excluding hydrogens is 180 g/mol. The van der Waals surface area contributed by atoms with E-state index in [2.05, 4.69) is 10.3 Å². The molecule has 1 unspecified atom stereocenters. The zero-order valence-electron chi connectivity index (χ0n) is 7.88. The number of para-hydroxylation sites is 1. The largest absolute Gasteiger partial charge is 0.387 e. The molecule has 0 saturated carbocycles. The SMILES string of the molecule is Cn1nnc2cccc(C(O)CN)c21. The Labute approximate surface area is 81.1 Å². The van der Waals surface area contributed by atoms with Gasteiger partial charge in [-0.1, -0.05) is 17.3 Å². The highest BCUT2D eigenvalue weighted by Crippen LogP contribution is 2.21. The molecule has 0 aliphatic carbocycles. The van der Waals surface area contributed by atoms with E-state index in [1.54, 1.807) is 11.7 Å². The number of rotatable bonds is 2. The van der Waals surface area contributed by atoms with Gasteiger partial charge in [-0.3, -0.25) is 0 Å². The standard InChI is InChI=1S/C9H12N4O/c1-13-9-6(8(14)5-10)3-2-4-7(9)11-12-13/h2-4,8,14H,5,10H2,1H3. The summed E-state index contributed by atoms with van der Waals surface area (Å²) in [5.74, 6) is 0. The zero-order valence-corrected chi connectivity index (χ0v) is 7.88. The monoisotopic (exact) mass is 192 g/mol. The summed E-state index contributed by atoms with van der Waals surface area (Å²) in [4.78, 5) is 0. The molecule has 0 aliphatic heterocycles. The summed E-state index contributed by atoms with van der Waals surface area (Å²) in [5.41, 5.74) is 7.80. The Balaban J connectivity index is 2.69. The first-order valence-corrected chi connectivity index (χ1v) is 4.40. The number of nitrogens with two attached hydrogens (primary N) is 1. The zero-order chi connectivity index (χ0) is 10.1. The van der Waals surface area contributed by atoms with Crippen molar-refractivity contribution in [2.24, 2.45) is 12.8 Å². The molecule has 1 aromatic carbocycles. The van der Waals surface area contributed by atoms with E-state index in [-0.39, 0.29) is 6.54 Å². The van der Waals surface area contributed by atoms with Gasteiger partial charge in [0, 0.05) is 19.2 Å². The fraction of sp³-hybridized carbons (Fsp3) is 0.333. The van der Waals surface area contributed by atoms with Gasteiger partial charge in [0.15, 0.2) is 0 Å². The molecule has 0 fully saturated rings. The Morgan fingerprint density at radius 3 is 3.07 bits per heavy atom.